The zero-order valence-corrected chi connectivity index (χ0v) is 12.0. The first-order chi connectivity index (χ1) is 8.60. The molecule has 0 N–H and O–H groups in total. The number of carbonyl (C=O) groups is 1. The summed E-state index contributed by atoms with van der Waals surface area (Å²) in [5.41, 5.74) is 1.45. The van der Waals surface area contributed by atoms with Gasteiger partial charge in [-0.1, -0.05) is 33.6 Å². The van der Waals surface area contributed by atoms with Crippen LogP contribution in [0.3, 0.4) is 0 Å². The average molecular weight is 326 g/mol. The molecule has 2 nitrogen and oxygen atoms in total. The van der Waals surface area contributed by atoms with Crippen molar-refractivity contribution in [2.75, 3.05) is 0 Å². The van der Waals surface area contributed by atoms with Crippen molar-refractivity contribution in [2.24, 2.45) is 0 Å². The van der Waals surface area contributed by atoms with Crippen molar-refractivity contribution in [3.63, 3.8) is 0 Å². The topological polar surface area (TPSA) is 26.3 Å². The van der Waals surface area contributed by atoms with E-state index in [9.17, 15) is 4.79 Å². The molecule has 92 valence electrons. The third-order valence-corrected chi connectivity index (χ3v) is 3.20. The van der Waals surface area contributed by atoms with E-state index in [1.807, 2.05) is 19.1 Å². The third kappa shape index (κ3) is 2.92. The maximum absolute atomic E-state index is 11.0. The Morgan fingerprint density at radius 2 is 1.94 bits per heavy atom. The molecule has 4 heteroatoms. The Labute approximate surface area is 119 Å². The smallest absolute Gasteiger partial charge is 0.153 e. The SMILES string of the molecule is Cc1ccc(Cl)cc1Oc1ccc(Br)cc1C=O. The summed E-state index contributed by atoms with van der Waals surface area (Å²) in [5, 5.41) is 0.598. The van der Waals surface area contributed by atoms with Crippen molar-refractivity contribution in [2.45, 2.75) is 6.92 Å². The van der Waals surface area contributed by atoms with Gasteiger partial charge in [0.15, 0.2) is 6.29 Å². The summed E-state index contributed by atoms with van der Waals surface area (Å²) in [6.07, 6.45) is 0.764. The molecule has 2 rings (SSSR count). The number of carbonyl (C=O) groups excluding carboxylic acids is 1. The van der Waals surface area contributed by atoms with Gasteiger partial charge in [0.05, 0.1) is 5.56 Å². The Hall–Kier alpha value is -1.32. The summed E-state index contributed by atoms with van der Waals surface area (Å²) < 4.78 is 6.56. The summed E-state index contributed by atoms with van der Waals surface area (Å²) in [6.45, 7) is 1.92. The number of hydrogen-bond donors (Lipinski definition) is 0. The summed E-state index contributed by atoms with van der Waals surface area (Å²) in [6, 6.07) is 10.7. The lowest BCUT2D eigenvalue weighted by atomic mass is 10.2. The van der Waals surface area contributed by atoms with Crippen LogP contribution < -0.4 is 4.74 Å². The number of aryl methyl sites for hydroxylation is 1. The van der Waals surface area contributed by atoms with Gasteiger partial charge >= 0.3 is 0 Å². The van der Waals surface area contributed by atoms with Gasteiger partial charge in [-0.15, -0.1) is 0 Å². The van der Waals surface area contributed by atoms with Gasteiger partial charge in [0, 0.05) is 9.50 Å². The van der Waals surface area contributed by atoms with Gasteiger partial charge in [-0.05, 0) is 42.8 Å². The van der Waals surface area contributed by atoms with Crippen LogP contribution in [0.4, 0.5) is 0 Å². The maximum Gasteiger partial charge on any atom is 0.153 e. The van der Waals surface area contributed by atoms with E-state index >= 15 is 0 Å². The van der Waals surface area contributed by atoms with Crippen LogP contribution in [0.1, 0.15) is 15.9 Å². The third-order valence-electron chi connectivity index (χ3n) is 2.47. The van der Waals surface area contributed by atoms with Crippen LogP contribution in [0, 0.1) is 6.92 Å². The number of hydrogen-bond acceptors (Lipinski definition) is 2. The van der Waals surface area contributed by atoms with Gasteiger partial charge in [-0.3, -0.25) is 4.79 Å². The monoisotopic (exact) mass is 324 g/mol. The highest BCUT2D eigenvalue weighted by molar-refractivity contribution is 9.10. The molecule has 0 amide bonds. The zero-order valence-electron chi connectivity index (χ0n) is 9.61. The molecule has 0 aromatic heterocycles. The maximum atomic E-state index is 11.0. The molecule has 0 saturated carbocycles. The fourth-order valence-electron chi connectivity index (χ4n) is 1.51. The molecule has 0 atom stereocenters. The summed E-state index contributed by atoms with van der Waals surface area (Å²) in [7, 11) is 0. The van der Waals surface area contributed by atoms with E-state index in [-0.39, 0.29) is 0 Å². The average Bonchev–Trinajstić information content (AvgIpc) is 2.36. The predicted molar refractivity (Wildman–Crippen MR) is 75.8 cm³/mol. The minimum absolute atomic E-state index is 0.490. The van der Waals surface area contributed by atoms with Crippen LogP contribution >= 0.6 is 27.5 Å². The Kier molecular flexibility index (Phi) is 4.04. The van der Waals surface area contributed by atoms with E-state index in [1.54, 1.807) is 24.3 Å². The quantitative estimate of drug-likeness (QED) is 0.741. The zero-order chi connectivity index (χ0) is 13.1. The van der Waals surface area contributed by atoms with Crippen LogP contribution in [0.5, 0.6) is 11.5 Å². The van der Waals surface area contributed by atoms with E-state index in [0.29, 0.717) is 22.1 Å². The number of aldehydes is 1. The Balaban J connectivity index is 2.39. The molecule has 0 unspecified atom stereocenters. The number of benzene rings is 2. The molecule has 0 aliphatic carbocycles. The van der Waals surface area contributed by atoms with E-state index in [0.717, 1.165) is 16.3 Å². The molecule has 0 bridgehead atoms. The van der Waals surface area contributed by atoms with Gasteiger partial charge in [-0.25, -0.2) is 0 Å². The molecule has 0 saturated heterocycles. The molecule has 0 fully saturated rings. The van der Waals surface area contributed by atoms with Gasteiger partial charge < -0.3 is 4.74 Å². The second kappa shape index (κ2) is 5.55. The lowest BCUT2D eigenvalue weighted by molar-refractivity contribution is 0.112. The van der Waals surface area contributed by atoms with E-state index in [1.165, 1.54) is 0 Å². The highest BCUT2D eigenvalue weighted by Crippen LogP contribution is 2.30. The van der Waals surface area contributed by atoms with Crippen molar-refractivity contribution >= 4 is 33.8 Å². The normalized spacial score (nSPS) is 10.2. The molecule has 2 aromatic rings. The van der Waals surface area contributed by atoms with Gasteiger partial charge in [-0.2, -0.15) is 0 Å². The second-order valence-electron chi connectivity index (χ2n) is 3.81. The molecule has 0 aliphatic rings. The van der Waals surface area contributed by atoms with Crippen LogP contribution in [0.2, 0.25) is 5.02 Å². The molecule has 0 spiro atoms. The second-order valence-corrected chi connectivity index (χ2v) is 5.16. The number of halogens is 2. The first kappa shape index (κ1) is 13.1. The first-order valence-electron chi connectivity index (χ1n) is 5.29. The lowest BCUT2D eigenvalue weighted by Gasteiger charge is -2.11. The van der Waals surface area contributed by atoms with Gasteiger partial charge in [0.2, 0.25) is 0 Å². The molecule has 2 aromatic carbocycles. The van der Waals surface area contributed by atoms with E-state index < -0.39 is 0 Å². The first-order valence-corrected chi connectivity index (χ1v) is 6.46. The van der Waals surface area contributed by atoms with Crippen LogP contribution in [-0.2, 0) is 0 Å². The number of ether oxygens (including phenoxy) is 1. The van der Waals surface area contributed by atoms with Crippen LogP contribution in [0.25, 0.3) is 0 Å². The van der Waals surface area contributed by atoms with E-state index in [4.69, 9.17) is 16.3 Å². The molecule has 0 radical (unpaired) electrons. The molecule has 0 heterocycles. The summed E-state index contributed by atoms with van der Waals surface area (Å²) in [4.78, 5) is 11.0. The largest absolute Gasteiger partial charge is 0.456 e. The summed E-state index contributed by atoms with van der Waals surface area (Å²) >= 11 is 9.24. The summed E-state index contributed by atoms with van der Waals surface area (Å²) in [5.74, 6) is 1.16. The minimum Gasteiger partial charge on any atom is -0.456 e. The number of rotatable bonds is 3. The Morgan fingerprint density at radius 3 is 2.67 bits per heavy atom. The fourth-order valence-corrected chi connectivity index (χ4v) is 2.05. The Bertz CT molecular complexity index is 596. The molecular formula is C14H10BrClO2. The lowest BCUT2D eigenvalue weighted by Crippen LogP contribution is -1.92. The van der Waals surface area contributed by atoms with Gasteiger partial charge in [0.25, 0.3) is 0 Å². The minimum atomic E-state index is 0.490. The molecular weight excluding hydrogens is 316 g/mol. The highest BCUT2D eigenvalue weighted by atomic mass is 79.9. The molecule has 0 aliphatic heterocycles. The fraction of sp³-hybridized carbons (Fsp3) is 0.0714. The van der Waals surface area contributed by atoms with Crippen molar-refractivity contribution < 1.29 is 9.53 Å². The van der Waals surface area contributed by atoms with Gasteiger partial charge in [0.1, 0.15) is 11.5 Å². The van der Waals surface area contributed by atoms with Crippen molar-refractivity contribution in [3.05, 3.63) is 57.0 Å². The molecule has 18 heavy (non-hydrogen) atoms. The van der Waals surface area contributed by atoms with Crippen LogP contribution in [0.15, 0.2) is 40.9 Å². The standard InChI is InChI=1S/C14H10BrClO2/c1-9-2-4-12(16)7-14(9)18-13-5-3-11(15)6-10(13)8-17/h2-8H,1H3. The van der Waals surface area contributed by atoms with Crippen molar-refractivity contribution in [3.8, 4) is 11.5 Å². The van der Waals surface area contributed by atoms with Crippen molar-refractivity contribution in [1.82, 2.24) is 0 Å². The van der Waals surface area contributed by atoms with Crippen LogP contribution in [-0.4, -0.2) is 6.29 Å². The van der Waals surface area contributed by atoms with Crippen molar-refractivity contribution in [1.29, 1.82) is 0 Å². The van der Waals surface area contributed by atoms with E-state index in [2.05, 4.69) is 15.9 Å². The highest BCUT2D eigenvalue weighted by Gasteiger charge is 2.07. The predicted octanol–water partition coefficient (Wildman–Crippen LogP) is 5.02. The Morgan fingerprint density at radius 1 is 1.17 bits per heavy atom.